The van der Waals surface area contributed by atoms with Crippen molar-refractivity contribution in [2.24, 2.45) is 0 Å². The van der Waals surface area contributed by atoms with Crippen LogP contribution < -0.4 is 15.0 Å². The minimum Gasteiger partial charge on any atom is -0.488 e. The molecule has 30 heavy (non-hydrogen) atoms. The van der Waals surface area contributed by atoms with Crippen molar-refractivity contribution in [3.63, 3.8) is 0 Å². The Hall–Kier alpha value is -2.42. The van der Waals surface area contributed by atoms with E-state index in [1.54, 1.807) is 37.3 Å². The molecule has 6 nitrogen and oxygen atoms in total. The van der Waals surface area contributed by atoms with Crippen molar-refractivity contribution in [3.05, 3.63) is 73.7 Å². The highest BCUT2D eigenvalue weighted by molar-refractivity contribution is 9.11. The van der Waals surface area contributed by atoms with Crippen molar-refractivity contribution in [2.45, 2.75) is 6.92 Å². The molecule has 4 amide bonds. The summed E-state index contributed by atoms with van der Waals surface area (Å²) in [5.74, 6) is -1.15. The number of imide groups is 2. The third-order valence-corrected chi connectivity index (χ3v) is 5.65. The third-order valence-electron chi connectivity index (χ3n) is 4.20. The van der Waals surface area contributed by atoms with E-state index in [2.05, 4.69) is 43.8 Å². The summed E-state index contributed by atoms with van der Waals surface area (Å²) in [4.78, 5) is 38.8. The maximum Gasteiger partial charge on any atom is 0.335 e. The average Bonchev–Trinajstić information content (AvgIpc) is 2.67. The quantitative estimate of drug-likeness (QED) is 0.305. The number of carbonyl (C=O) groups excluding carboxylic acids is 3. The molecule has 0 saturated carbocycles. The Balaban J connectivity index is 2.09. The van der Waals surface area contributed by atoms with Crippen LogP contribution in [-0.4, -0.2) is 24.5 Å². The number of hydrogen-bond acceptors (Lipinski definition) is 4. The zero-order chi connectivity index (χ0) is 22.0. The molecule has 0 atom stereocenters. The van der Waals surface area contributed by atoms with E-state index in [1.807, 2.05) is 0 Å². The molecule has 1 fully saturated rings. The van der Waals surface area contributed by atoms with Crippen LogP contribution in [0.1, 0.15) is 11.1 Å². The Morgan fingerprint density at radius 1 is 1.20 bits per heavy atom. The Morgan fingerprint density at radius 2 is 1.93 bits per heavy atom. The minimum absolute atomic E-state index is 0.222. The molecule has 0 unspecified atom stereocenters. The fraction of sp³-hybridized carbons (Fsp3) is 0.0952. The van der Waals surface area contributed by atoms with Crippen molar-refractivity contribution >= 4 is 73.1 Å². The molecule has 0 bridgehead atoms. The number of hydrogen-bond donors (Lipinski definition) is 1. The predicted octanol–water partition coefficient (Wildman–Crippen LogP) is 5.40. The van der Waals surface area contributed by atoms with E-state index < -0.39 is 17.8 Å². The van der Waals surface area contributed by atoms with Gasteiger partial charge in [-0.05, 0) is 58.8 Å². The van der Waals surface area contributed by atoms with E-state index in [-0.39, 0.29) is 17.9 Å². The van der Waals surface area contributed by atoms with E-state index in [0.717, 1.165) is 10.5 Å². The topological polar surface area (TPSA) is 75.7 Å². The molecule has 1 saturated heterocycles. The van der Waals surface area contributed by atoms with Crippen molar-refractivity contribution in [1.29, 1.82) is 0 Å². The molecule has 2 aromatic rings. The van der Waals surface area contributed by atoms with Gasteiger partial charge in [-0.2, -0.15) is 0 Å². The van der Waals surface area contributed by atoms with Gasteiger partial charge >= 0.3 is 6.03 Å². The molecule has 1 aliphatic rings. The summed E-state index contributed by atoms with van der Waals surface area (Å²) in [7, 11) is 0. The van der Waals surface area contributed by atoms with Gasteiger partial charge in [0, 0.05) is 15.1 Å². The molecule has 3 rings (SSSR count). The largest absolute Gasteiger partial charge is 0.488 e. The number of urea groups is 1. The molecular formula is C21H15Br2ClN2O4. The van der Waals surface area contributed by atoms with Crippen LogP contribution in [0.15, 0.2) is 57.5 Å². The number of carbonyl (C=O) groups is 3. The molecule has 0 spiro atoms. The molecule has 2 aromatic carbocycles. The zero-order valence-corrected chi connectivity index (χ0v) is 19.6. The molecule has 0 aliphatic carbocycles. The van der Waals surface area contributed by atoms with Gasteiger partial charge < -0.3 is 4.74 Å². The summed E-state index contributed by atoms with van der Waals surface area (Å²) in [5.41, 5.74) is 1.29. The summed E-state index contributed by atoms with van der Waals surface area (Å²) in [6.45, 7) is 5.65. The fourth-order valence-corrected chi connectivity index (χ4v) is 4.30. The summed E-state index contributed by atoms with van der Waals surface area (Å²) < 4.78 is 7.00. The lowest BCUT2D eigenvalue weighted by Gasteiger charge is -2.26. The molecule has 1 aliphatic heterocycles. The molecule has 1 N–H and O–H groups in total. The SMILES string of the molecule is C=CCOc1c(Br)cc(Br)cc1/C=C1\C(=O)NC(=O)N(c2ccc(C)c(Cl)c2)C1=O. The second-order valence-electron chi connectivity index (χ2n) is 6.30. The molecule has 154 valence electrons. The van der Waals surface area contributed by atoms with Crippen molar-refractivity contribution < 1.29 is 19.1 Å². The first-order valence-corrected chi connectivity index (χ1v) is 10.6. The van der Waals surface area contributed by atoms with Gasteiger partial charge in [-0.15, -0.1) is 0 Å². The number of nitrogens with zero attached hydrogens (tertiary/aromatic N) is 1. The molecule has 1 heterocycles. The van der Waals surface area contributed by atoms with Crippen molar-refractivity contribution in [3.8, 4) is 5.75 Å². The first kappa shape index (κ1) is 22.3. The lowest BCUT2D eigenvalue weighted by atomic mass is 10.1. The monoisotopic (exact) mass is 552 g/mol. The van der Waals surface area contributed by atoms with E-state index in [0.29, 0.717) is 25.3 Å². The van der Waals surface area contributed by atoms with E-state index in [9.17, 15) is 14.4 Å². The summed E-state index contributed by atoms with van der Waals surface area (Å²) >= 11 is 12.9. The van der Waals surface area contributed by atoms with Crippen LogP contribution in [0.25, 0.3) is 6.08 Å². The fourth-order valence-electron chi connectivity index (χ4n) is 2.75. The molecule has 9 heteroatoms. The Kier molecular flexibility index (Phi) is 6.80. The number of barbiturate groups is 1. The van der Waals surface area contributed by atoms with Crippen LogP contribution in [0.2, 0.25) is 5.02 Å². The van der Waals surface area contributed by atoms with E-state index >= 15 is 0 Å². The number of amides is 4. The third kappa shape index (κ3) is 4.50. The molecule has 0 radical (unpaired) electrons. The van der Waals surface area contributed by atoms with Crippen LogP contribution in [0.3, 0.4) is 0 Å². The van der Waals surface area contributed by atoms with Gasteiger partial charge in [0.1, 0.15) is 17.9 Å². The maximum absolute atomic E-state index is 13.1. The average molecular weight is 555 g/mol. The number of ether oxygens (including phenoxy) is 1. The summed E-state index contributed by atoms with van der Waals surface area (Å²) in [6.07, 6.45) is 2.95. The number of halogens is 3. The highest BCUT2D eigenvalue weighted by Gasteiger charge is 2.37. The molecular weight excluding hydrogens is 540 g/mol. The van der Waals surface area contributed by atoms with Gasteiger partial charge in [0.15, 0.2) is 0 Å². The van der Waals surface area contributed by atoms with Crippen LogP contribution in [0, 0.1) is 6.92 Å². The number of nitrogens with one attached hydrogen (secondary N) is 1. The number of benzene rings is 2. The van der Waals surface area contributed by atoms with Crippen molar-refractivity contribution in [2.75, 3.05) is 11.5 Å². The second-order valence-corrected chi connectivity index (χ2v) is 8.47. The minimum atomic E-state index is -0.847. The standard InChI is InChI=1S/C21H15Br2ClN2O4/c1-3-6-30-18-12(7-13(22)9-16(18)23)8-15-19(27)25-21(29)26(20(15)28)14-5-4-11(2)17(24)10-14/h3-5,7-10H,1,6H2,2H3,(H,25,27,29)/b15-8+. The van der Waals surface area contributed by atoms with Crippen LogP contribution in [0.4, 0.5) is 10.5 Å². The number of aryl methyl sites for hydroxylation is 1. The maximum atomic E-state index is 13.1. The predicted molar refractivity (Wildman–Crippen MR) is 123 cm³/mol. The molecule has 0 aromatic heterocycles. The zero-order valence-electron chi connectivity index (χ0n) is 15.7. The van der Waals surface area contributed by atoms with Crippen LogP contribution in [0.5, 0.6) is 5.75 Å². The normalized spacial score (nSPS) is 15.4. The smallest absolute Gasteiger partial charge is 0.335 e. The van der Waals surface area contributed by atoms with Gasteiger partial charge in [-0.25, -0.2) is 9.69 Å². The highest BCUT2D eigenvalue weighted by atomic mass is 79.9. The lowest BCUT2D eigenvalue weighted by molar-refractivity contribution is -0.122. The van der Waals surface area contributed by atoms with Crippen LogP contribution in [-0.2, 0) is 9.59 Å². The number of anilines is 1. The summed E-state index contributed by atoms with van der Waals surface area (Å²) in [5, 5.41) is 2.58. The Labute approximate surface area is 194 Å². The Bertz CT molecular complexity index is 1110. The Morgan fingerprint density at radius 3 is 2.60 bits per heavy atom. The second kappa shape index (κ2) is 9.16. The van der Waals surface area contributed by atoms with E-state index in [4.69, 9.17) is 16.3 Å². The first-order chi connectivity index (χ1) is 14.2. The van der Waals surface area contributed by atoms with Gasteiger partial charge in [0.2, 0.25) is 0 Å². The van der Waals surface area contributed by atoms with Gasteiger partial charge in [0.05, 0.1) is 10.2 Å². The highest BCUT2D eigenvalue weighted by Crippen LogP contribution is 2.35. The van der Waals surface area contributed by atoms with Gasteiger partial charge in [-0.1, -0.05) is 46.3 Å². The first-order valence-electron chi connectivity index (χ1n) is 8.63. The van der Waals surface area contributed by atoms with E-state index in [1.165, 1.54) is 12.1 Å². The summed E-state index contributed by atoms with van der Waals surface area (Å²) in [6, 6.07) is 7.38. The van der Waals surface area contributed by atoms with Crippen LogP contribution >= 0.6 is 43.5 Å². The number of rotatable bonds is 5. The van der Waals surface area contributed by atoms with Gasteiger partial charge in [-0.3, -0.25) is 14.9 Å². The van der Waals surface area contributed by atoms with Crippen molar-refractivity contribution in [1.82, 2.24) is 5.32 Å². The lowest BCUT2D eigenvalue weighted by Crippen LogP contribution is -2.54. The van der Waals surface area contributed by atoms with Gasteiger partial charge in [0.25, 0.3) is 11.8 Å².